The van der Waals surface area contributed by atoms with E-state index in [0.717, 1.165) is 6.42 Å². The van der Waals surface area contributed by atoms with Gasteiger partial charge in [0.05, 0.1) is 0 Å². The first-order valence-corrected chi connectivity index (χ1v) is 5.69. The zero-order valence-corrected chi connectivity index (χ0v) is 9.41. The van der Waals surface area contributed by atoms with Crippen LogP contribution in [0, 0.1) is 6.92 Å². The molecule has 0 aliphatic rings. The van der Waals surface area contributed by atoms with E-state index in [2.05, 4.69) is 32.1 Å². The molecule has 0 nitrogen and oxygen atoms in total. The molecule has 0 aliphatic heterocycles. The number of allylic oxidation sites excluding steroid dienone is 6. The zero-order chi connectivity index (χ0) is 10.5. The normalized spacial score (nSPS) is 12.4. The highest BCUT2D eigenvalue weighted by Gasteiger charge is 1.82. The lowest BCUT2D eigenvalue weighted by Crippen LogP contribution is -1.72. The summed E-state index contributed by atoms with van der Waals surface area (Å²) in [5, 5.41) is 0. The molecule has 0 aromatic carbocycles. The quantitative estimate of drug-likeness (QED) is 0.380. The predicted molar refractivity (Wildman–Crippen MR) is 66.2 cm³/mol. The summed E-state index contributed by atoms with van der Waals surface area (Å²) in [6, 6.07) is 0. The number of hydrogen-bond donors (Lipinski definition) is 0. The molecule has 0 aromatic heterocycles. The third-order valence-electron chi connectivity index (χ3n) is 2.00. The van der Waals surface area contributed by atoms with Crippen LogP contribution in [0.3, 0.4) is 0 Å². The fourth-order valence-electron chi connectivity index (χ4n) is 1.17. The minimum atomic E-state index is 0.866. The zero-order valence-electron chi connectivity index (χ0n) is 9.41. The van der Waals surface area contributed by atoms with E-state index < -0.39 is 0 Å². The average Bonchev–Trinajstić information content (AvgIpc) is 2.21. The summed E-state index contributed by atoms with van der Waals surface area (Å²) in [5.74, 6) is 0. The summed E-state index contributed by atoms with van der Waals surface area (Å²) in [6.07, 6.45) is 20.0. The van der Waals surface area contributed by atoms with Gasteiger partial charge in [-0.05, 0) is 26.2 Å². The monoisotopic (exact) mass is 191 g/mol. The van der Waals surface area contributed by atoms with Crippen LogP contribution >= 0.6 is 0 Å². The van der Waals surface area contributed by atoms with Crippen molar-refractivity contribution in [3.05, 3.63) is 43.4 Å². The largest absolute Gasteiger partial charge is 0.0845 e. The van der Waals surface area contributed by atoms with Crippen LogP contribution in [-0.2, 0) is 0 Å². The molecule has 0 fully saturated rings. The Labute approximate surface area is 89.4 Å². The van der Waals surface area contributed by atoms with Crippen molar-refractivity contribution in [1.29, 1.82) is 0 Å². The first kappa shape index (κ1) is 13.2. The Hall–Kier alpha value is -0.780. The lowest BCUT2D eigenvalue weighted by Gasteiger charge is -1.92. The van der Waals surface area contributed by atoms with Crippen LogP contribution in [0.2, 0.25) is 0 Å². The van der Waals surface area contributed by atoms with Crippen molar-refractivity contribution in [2.45, 2.75) is 45.4 Å². The Morgan fingerprint density at radius 2 is 1.57 bits per heavy atom. The van der Waals surface area contributed by atoms with Gasteiger partial charge in [0.15, 0.2) is 0 Å². The van der Waals surface area contributed by atoms with E-state index in [4.69, 9.17) is 0 Å². The summed E-state index contributed by atoms with van der Waals surface area (Å²) in [4.78, 5) is 0. The molecule has 0 unspecified atom stereocenters. The van der Waals surface area contributed by atoms with Gasteiger partial charge in [0.25, 0.3) is 0 Å². The highest BCUT2D eigenvalue weighted by atomic mass is 13.9. The Kier molecular flexibility index (Phi) is 11.5. The van der Waals surface area contributed by atoms with Gasteiger partial charge >= 0.3 is 0 Å². The summed E-state index contributed by atoms with van der Waals surface area (Å²) in [5.41, 5.74) is 0. The Bertz CT molecular complexity index is 172. The second kappa shape index (κ2) is 12.2. The molecule has 0 heteroatoms. The van der Waals surface area contributed by atoms with Gasteiger partial charge in [-0.3, -0.25) is 0 Å². The van der Waals surface area contributed by atoms with Crippen molar-refractivity contribution in [2.24, 2.45) is 0 Å². The lowest BCUT2D eigenvalue weighted by atomic mass is 10.1. The van der Waals surface area contributed by atoms with Gasteiger partial charge in [0.1, 0.15) is 0 Å². The van der Waals surface area contributed by atoms with E-state index in [-0.39, 0.29) is 0 Å². The molecule has 0 saturated carbocycles. The second-order valence-electron chi connectivity index (χ2n) is 3.38. The van der Waals surface area contributed by atoms with Crippen LogP contribution in [0.4, 0.5) is 0 Å². The van der Waals surface area contributed by atoms with Crippen molar-refractivity contribution in [3.63, 3.8) is 0 Å². The first-order chi connectivity index (χ1) is 6.91. The molecular weight excluding hydrogens is 168 g/mol. The van der Waals surface area contributed by atoms with Crippen LogP contribution in [0.25, 0.3) is 0 Å². The van der Waals surface area contributed by atoms with Crippen LogP contribution in [0.15, 0.2) is 36.5 Å². The Morgan fingerprint density at radius 3 is 2.21 bits per heavy atom. The van der Waals surface area contributed by atoms with E-state index in [1.807, 2.05) is 18.2 Å². The highest BCUT2D eigenvalue weighted by Crippen LogP contribution is 2.02. The smallest absolute Gasteiger partial charge is 0.0347 e. The maximum absolute atomic E-state index is 3.72. The van der Waals surface area contributed by atoms with Crippen molar-refractivity contribution in [3.8, 4) is 0 Å². The van der Waals surface area contributed by atoms with Crippen molar-refractivity contribution in [2.75, 3.05) is 0 Å². The maximum Gasteiger partial charge on any atom is -0.0347 e. The van der Waals surface area contributed by atoms with E-state index >= 15 is 0 Å². The van der Waals surface area contributed by atoms with E-state index in [1.54, 1.807) is 0 Å². The van der Waals surface area contributed by atoms with Gasteiger partial charge in [-0.15, -0.1) is 0 Å². The van der Waals surface area contributed by atoms with Crippen molar-refractivity contribution in [1.82, 2.24) is 0 Å². The Morgan fingerprint density at radius 1 is 0.857 bits per heavy atom. The van der Waals surface area contributed by atoms with Gasteiger partial charge in [-0.2, -0.15) is 0 Å². The summed E-state index contributed by atoms with van der Waals surface area (Å²) in [7, 11) is 0. The number of unbranched alkanes of at least 4 members (excludes halogenated alkanes) is 4. The maximum atomic E-state index is 3.72. The summed E-state index contributed by atoms with van der Waals surface area (Å²) in [6.45, 7) is 5.97. The molecule has 0 spiro atoms. The minimum Gasteiger partial charge on any atom is -0.0845 e. The predicted octanol–water partition coefficient (Wildman–Crippen LogP) is 4.85. The Balaban J connectivity index is 3.26. The molecule has 0 atom stereocenters. The van der Waals surface area contributed by atoms with E-state index in [0.29, 0.717) is 0 Å². The number of hydrogen-bond acceptors (Lipinski definition) is 0. The first-order valence-electron chi connectivity index (χ1n) is 5.69. The van der Waals surface area contributed by atoms with E-state index in [1.165, 1.54) is 32.1 Å². The molecule has 79 valence electrons. The molecule has 0 rings (SSSR count). The van der Waals surface area contributed by atoms with Crippen molar-refractivity contribution < 1.29 is 0 Å². The van der Waals surface area contributed by atoms with Crippen LogP contribution in [0.5, 0.6) is 0 Å². The van der Waals surface area contributed by atoms with Crippen molar-refractivity contribution >= 4 is 0 Å². The lowest BCUT2D eigenvalue weighted by molar-refractivity contribution is 0.674. The molecule has 0 saturated heterocycles. The molecular formula is C14H23. The molecule has 1 radical (unpaired) electrons. The highest BCUT2D eigenvalue weighted by molar-refractivity contribution is 5.10. The van der Waals surface area contributed by atoms with Crippen LogP contribution in [0.1, 0.15) is 45.4 Å². The topological polar surface area (TPSA) is 0 Å². The molecule has 0 N–H and O–H groups in total. The molecule has 0 aliphatic carbocycles. The van der Waals surface area contributed by atoms with E-state index in [9.17, 15) is 0 Å². The van der Waals surface area contributed by atoms with Crippen LogP contribution in [-0.4, -0.2) is 0 Å². The molecule has 0 aromatic rings. The van der Waals surface area contributed by atoms with Gasteiger partial charge in [-0.1, -0.05) is 62.6 Å². The third kappa shape index (κ3) is 11.2. The van der Waals surface area contributed by atoms with Gasteiger partial charge in [0, 0.05) is 0 Å². The summed E-state index contributed by atoms with van der Waals surface area (Å²) >= 11 is 0. The minimum absolute atomic E-state index is 0.866. The fraction of sp³-hybridized carbons (Fsp3) is 0.500. The van der Waals surface area contributed by atoms with Gasteiger partial charge in [0.2, 0.25) is 0 Å². The second-order valence-corrected chi connectivity index (χ2v) is 3.38. The van der Waals surface area contributed by atoms with Gasteiger partial charge < -0.3 is 0 Å². The molecule has 14 heavy (non-hydrogen) atoms. The molecule has 0 bridgehead atoms. The molecule has 0 amide bonds. The van der Waals surface area contributed by atoms with Gasteiger partial charge in [-0.25, -0.2) is 0 Å². The number of rotatable bonds is 8. The SMILES string of the molecule is [CH2]CC=CC=CC=CCCCCCC. The standard InChI is InChI=1S/C14H23/c1-3-5-7-9-11-13-14-12-10-8-6-4-2/h5,7,9,11,13-14H,1,3-4,6,8,10,12H2,2H3. The summed E-state index contributed by atoms with van der Waals surface area (Å²) < 4.78 is 0. The average molecular weight is 191 g/mol. The molecule has 0 heterocycles. The fourth-order valence-corrected chi connectivity index (χ4v) is 1.17. The van der Waals surface area contributed by atoms with Crippen LogP contribution < -0.4 is 0 Å². The third-order valence-corrected chi connectivity index (χ3v) is 2.00.